The molecule has 0 saturated heterocycles. The van der Waals surface area contributed by atoms with Crippen LogP contribution in [0.4, 0.5) is 0 Å². The fraction of sp³-hybridized carbons (Fsp3) is 1.00. The molecule has 0 bridgehead atoms. The summed E-state index contributed by atoms with van der Waals surface area (Å²) in [7, 11) is 0. The summed E-state index contributed by atoms with van der Waals surface area (Å²) in [5, 5.41) is 0. The molecule has 0 aliphatic carbocycles. The van der Waals surface area contributed by atoms with Crippen LogP contribution in [0.25, 0.3) is 0 Å². The standard InChI is InChI=1S/C8H18O.C6H14O.C4H10O/c1-3-5-7-9-8-6-4-2;1-5(2)7-6(3)4;1-3-5-4-2/h3-8H2,1-2H3;5-6H,1-4H3;3-4H2,1-2H3. The Kier molecular flexibility index (Phi) is 30.6. The Bertz CT molecular complexity index is 133. The summed E-state index contributed by atoms with van der Waals surface area (Å²) in [6.45, 7) is 20.1. The summed E-state index contributed by atoms with van der Waals surface area (Å²) in [5.41, 5.74) is 0. The quantitative estimate of drug-likeness (QED) is 0.501. The Morgan fingerprint density at radius 1 is 0.619 bits per heavy atom. The van der Waals surface area contributed by atoms with Gasteiger partial charge in [-0.3, -0.25) is 0 Å². The zero-order chi connectivity index (χ0) is 16.9. The van der Waals surface area contributed by atoms with E-state index >= 15 is 0 Å². The summed E-state index contributed by atoms with van der Waals surface area (Å²) >= 11 is 0. The van der Waals surface area contributed by atoms with Crippen LogP contribution < -0.4 is 0 Å². The Labute approximate surface area is 134 Å². The monoisotopic (exact) mass is 306 g/mol. The minimum Gasteiger partial charge on any atom is -0.382 e. The molecule has 0 aromatic heterocycles. The summed E-state index contributed by atoms with van der Waals surface area (Å²) in [6, 6.07) is 0. The summed E-state index contributed by atoms with van der Waals surface area (Å²) in [6.07, 6.45) is 5.66. The molecule has 0 aromatic carbocycles. The van der Waals surface area contributed by atoms with Crippen LogP contribution in [0.3, 0.4) is 0 Å². The zero-order valence-corrected chi connectivity index (χ0v) is 16.0. The Morgan fingerprint density at radius 3 is 1.14 bits per heavy atom. The van der Waals surface area contributed by atoms with E-state index in [0.29, 0.717) is 12.2 Å². The molecule has 0 fully saturated rings. The first kappa shape index (κ1) is 25.8. The van der Waals surface area contributed by atoms with E-state index in [1.54, 1.807) is 0 Å². The van der Waals surface area contributed by atoms with Crippen molar-refractivity contribution in [3.05, 3.63) is 0 Å². The topological polar surface area (TPSA) is 27.7 Å². The molecule has 132 valence electrons. The number of rotatable bonds is 10. The maximum Gasteiger partial charge on any atom is 0.0522 e. The molecule has 0 N–H and O–H groups in total. The Balaban J connectivity index is -0.000000242. The molecule has 0 amide bonds. The highest BCUT2D eigenvalue weighted by Crippen LogP contribution is 1.93. The predicted octanol–water partition coefficient (Wildman–Crippen LogP) is 5.47. The van der Waals surface area contributed by atoms with Crippen molar-refractivity contribution < 1.29 is 14.2 Å². The normalized spacial score (nSPS) is 10.0. The van der Waals surface area contributed by atoms with Gasteiger partial charge in [0.05, 0.1) is 12.2 Å². The van der Waals surface area contributed by atoms with Gasteiger partial charge in [0.15, 0.2) is 0 Å². The van der Waals surface area contributed by atoms with Crippen molar-refractivity contribution in [1.82, 2.24) is 0 Å². The first-order chi connectivity index (χ1) is 9.95. The lowest BCUT2D eigenvalue weighted by Gasteiger charge is -2.09. The molecule has 3 heteroatoms. The maximum atomic E-state index is 5.31. The van der Waals surface area contributed by atoms with Gasteiger partial charge >= 0.3 is 0 Å². The highest BCUT2D eigenvalue weighted by Gasteiger charge is 1.94. The molecule has 0 atom stereocenters. The van der Waals surface area contributed by atoms with Crippen LogP contribution in [0, 0.1) is 0 Å². The van der Waals surface area contributed by atoms with Gasteiger partial charge in [-0.25, -0.2) is 0 Å². The van der Waals surface area contributed by atoms with Crippen LogP contribution in [0.2, 0.25) is 0 Å². The second kappa shape index (κ2) is 24.9. The number of hydrogen-bond donors (Lipinski definition) is 0. The molecule has 21 heavy (non-hydrogen) atoms. The van der Waals surface area contributed by atoms with E-state index < -0.39 is 0 Å². The fourth-order valence-corrected chi connectivity index (χ4v) is 1.34. The zero-order valence-electron chi connectivity index (χ0n) is 16.0. The largest absolute Gasteiger partial charge is 0.382 e. The van der Waals surface area contributed by atoms with Gasteiger partial charge in [0.25, 0.3) is 0 Å². The SMILES string of the molecule is CC(C)OC(C)C.CCCCOCCCC.CCOCC. The molecule has 0 aliphatic heterocycles. The van der Waals surface area contributed by atoms with Gasteiger partial charge in [-0.2, -0.15) is 0 Å². The van der Waals surface area contributed by atoms with Crippen LogP contribution in [-0.4, -0.2) is 38.6 Å². The Morgan fingerprint density at radius 2 is 1.00 bits per heavy atom. The van der Waals surface area contributed by atoms with Gasteiger partial charge in [-0.05, 0) is 54.4 Å². The van der Waals surface area contributed by atoms with E-state index in [9.17, 15) is 0 Å². The maximum absolute atomic E-state index is 5.31. The van der Waals surface area contributed by atoms with Crippen LogP contribution >= 0.6 is 0 Å². The van der Waals surface area contributed by atoms with Crippen LogP contribution in [-0.2, 0) is 14.2 Å². The lowest BCUT2D eigenvalue weighted by molar-refractivity contribution is 0.0300. The number of hydrogen-bond acceptors (Lipinski definition) is 3. The third-order valence-corrected chi connectivity index (χ3v) is 2.24. The third-order valence-electron chi connectivity index (χ3n) is 2.24. The molecule has 0 unspecified atom stereocenters. The van der Waals surface area contributed by atoms with Crippen molar-refractivity contribution in [3.8, 4) is 0 Å². The van der Waals surface area contributed by atoms with Crippen molar-refractivity contribution in [3.63, 3.8) is 0 Å². The van der Waals surface area contributed by atoms with Gasteiger partial charge < -0.3 is 14.2 Å². The van der Waals surface area contributed by atoms with Gasteiger partial charge in [0.2, 0.25) is 0 Å². The van der Waals surface area contributed by atoms with Crippen LogP contribution in [0.5, 0.6) is 0 Å². The lowest BCUT2D eigenvalue weighted by Crippen LogP contribution is -2.09. The number of unbranched alkanes of at least 4 members (excludes halogenated alkanes) is 2. The highest BCUT2D eigenvalue weighted by atomic mass is 16.5. The Hall–Kier alpha value is -0.120. The number of ether oxygens (including phenoxy) is 3. The molecule has 0 rings (SSSR count). The van der Waals surface area contributed by atoms with Crippen molar-refractivity contribution in [2.24, 2.45) is 0 Å². The molecule has 0 aromatic rings. The first-order valence-electron chi connectivity index (χ1n) is 8.76. The molecular weight excluding hydrogens is 264 g/mol. The fourth-order valence-electron chi connectivity index (χ4n) is 1.34. The van der Waals surface area contributed by atoms with Crippen LogP contribution in [0.1, 0.15) is 81.1 Å². The lowest BCUT2D eigenvalue weighted by atomic mass is 10.3. The van der Waals surface area contributed by atoms with E-state index in [1.165, 1.54) is 25.7 Å². The molecule has 0 aliphatic rings. The summed E-state index contributed by atoms with van der Waals surface area (Å²) in [4.78, 5) is 0. The minimum atomic E-state index is 0.375. The van der Waals surface area contributed by atoms with Crippen LogP contribution in [0.15, 0.2) is 0 Å². The van der Waals surface area contributed by atoms with Gasteiger partial charge in [-0.1, -0.05) is 26.7 Å². The smallest absolute Gasteiger partial charge is 0.0522 e. The molecule has 0 radical (unpaired) electrons. The third kappa shape index (κ3) is 45.0. The highest BCUT2D eigenvalue weighted by molar-refractivity contribution is 4.40. The molecule has 0 saturated carbocycles. The second-order valence-electron chi connectivity index (χ2n) is 5.33. The van der Waals surface area contributed by atoms with Gasteiger partial charge in [-0.15, -0.1) is 0 Å². The average molecular weight is 307 g/mol. The van der Waals surface area contributed by atoms with E-state index in [1.807, 2.05) is 41.5 Å². The second-order valence-corrected chi connectivity index (χ2v) is 5.33. The first-order valence-corrected chi connectivity index (χ1v) is 8.76. The van der Waals surface area contributed by atoms with E-state index in [2.05, 4.69) is 13.8 Å². The van der Waals surface area contributed by atoms with Crippen molar-refractivity contribution in [1.29, 1.82) is 0 Å². The summed E-state index contributed by atoms with van der Waals surface area (Å²) in [5.74, 6) is 0. The van der Waals surface area contributed by atoms with E-state index in [-0.39, 0.29) is 0 Å². The molecular formula is C18H42O3. The molecule has 3 nitrogen and oxygen atoms in total. The van der Waals surface area contributed by atoms with Crippen molar-refractivity contribution in [2.45, 2.75) is 93.3 Å². The van der Waals surface area contributed by atoms with Gasteiger partial charge in [0, 0.05) is 26.4 Å². The molecule has 0 spiro atoms. The van der Waals surface area contributed by atoms with Crippen molar-refractivity contribution in [2.75, 3.05) is 26.4 Å². The van der Waals surface area contributed by atoms with Gasteiger partial charge in [0.1, 0.15) is 0 Å². The van der Waals surface area contributed by atoms with E-state index in [0.717, 1.165) is 26.4 Å². The summed E-state index contributed by atoms with van der Waals surface area (Å²) < 4.78 is 15.4. The molecule has 0 heterocycles. The van der Waals surface area contributed by atoms with E-state index in [4.69, 9.17) is 14.2 Å². The minimum absolute atomic E-state index is 0.375. The predicted molar refractivity (Wildman–Crippen MR) is 94.2 cm³/mol. The average Bonchev–Trinajstić information content (AvgIpc) is 2.39. The van der Waals surface area contributed by atoms with Crippen molar-refractivity contribution >= 4 is 0 Å².